The van der Waals surface area contributed by atoms with Gasteiger partial charge in [0.2, 0.25) is 0 Å². The number of hydrogen-bond donors (Lipinski definition) is 0. The molecule has 1 amide bonds. The average molecular weight is 367 g/mol. The third kappa shape index (κ3) is 3.70. The lowest BCUT2D eigenvalue weighted by Crippen LogP contribution is -2.29. The summed E-state index contributed by atoms with van der Waals surface area (Å²) in [6, 6.07) is 15.1. The minimum atomic E-state index is -0.398. The van der Waals surface area contributed by atoms with Crippen LogP contribution < -0.4 is 9.64 Å². The Hall–Kier alpha value is -1.56. The minimum absolute atomic E-state index is 0.398. The zero-order valence-electron chi connectivity index (χ0n) is 10.8. The summed E-state index contributed by atoms with van der Waals surface area (Å²) in [5.74, 6) is 0.546. The molecule has 0 aliphatic carbocycles. The summed E-state index contributed by atoms with van der Waals surface area (Å²) in [6.45, 7) is 2.01. The molecule has 2 rings (SSSR count). The lowest BCUT2D eigenvalue weighted by Gasteiger charge is -2.17. The summed E-state index contributed by atoms with van der Waals surface area (Å²) in [4.78, 5) is 13.5. The molecule has 0 fully saturated rings. The van der Waals surface area contributed by atoms with E-state index >= 15 is 0 Å². The van der Waals surface area contributed by atoms with Crippen molar-refractivity contribution in [3.05, 3.63) is 57.7 Å². The predicted molar refractivity (Wildman–Crippen MR) is 84.8 cm³/mol. The first kappa shape index (κ1) is 13.9. The molecule has 0 saturated carbocycles. The molecule has 2 aromatic carbocycles. The van der Waals surface area contributed by atoms with Crippen molar-refractivity contribution in [2.75, 3.05) is 11.9 Å². The van der Waals surface area contributed by atoms with Crippen molar-refractivity contribution in [2.45, 2.75) is 6.92 Å². The predicted octanol–water partition coefficient (Wildman–Crippen LogP) is 4.23. The van der Waals surface area contributed by atoms with Crippen molar-refractivity contribution in [2.24, 2.45) is 0 Å². The normalized spacial score (nSPS) is 10.1. The molecule has 4 heteroatoms. The number of carbonyl (C=O) groups excluding carboxylic acids is 1. The van der Waals surface area contributed by atoms with E-state index in [1.165, 1.54) is 4.90 Å². The minimum Gasteiger partial charge on any atom is -0.410 e. The number of amides is 1. The maximum atomic E-state index is 12.0. The fourth-order valence-electron chi connectivity index (χ4n) is 1.55. The first-order valence-electron chi connectivity index (χ1n) is 5.84. The lowest BCUT2D eigenvalue weighted by molar-refractivity contribution is 0.209. The fourth-order valence-corrected chi connectivity index (χ4v) is 1.91. The zero-order chi connectivity index (χ0) is 13.8. The van der Waals surface area contributed by atoms with Gasteiger partial charge in [-0.25, -0.2) is 4.79 Å². The molecule has 19 heavy (non-hydrogen) atoms. The highest BCUT2D eigenvalue weighted by molar-refractivity contribution is 14.1. The highest BCUT2D eigenvalue weighted by Gasteiger charge is 2.12. The molecule has 0 atom stereocenters. The number of carbonyl (C=O) groups is 1. The molecule has 2 aromatic rings. The van der Waals surface area contributed by atoms with Gasteiger partial charge in [-0.05, 0) is 65.9 Å². The molecule has 0 bridgehead atoms. The summed E-state index contributed by atoms with van der Waals surface area (Å²) >= 11 is 2.20. The van der Waals surface area contributed by atoms with Gasteiger partial charge in [-0.3, -0.25) is 4.90 Å². The molecule has 0 saturated heterocycles. The molecule has 0 aromatic heterocycles. The number of halogens is 1. The van der Waals surface area contributed by atoms with Crippen molar-refractivity contribution in [1.29, 1.82) is 0 Å². The molecule has 0 N–H and O–H groups in total. The molecule has 0 unspecified atom stereocenters. The van der Waals surface area contributed by atoms with Crippen molar-refractivity contribution in [3.8, 4) is 5.75 Å². The Morgan fingerprint density at radius 1 is 1.05 bits per heavy atom. The van der Waals surface area contributed by atoms with Crippen molar-refractivity contribution in [3.63, 3.8) is 0 Å². The van der Waals surface area contributed by atoms with E-state index in [2.05, 4.69) is 22.6 Å². The van der Waals surface area contributed by atoms with Gasteiger partial charge < -0.3 is 4.74 Å². The Morgan fingerprint density at radius 2 is 1.63 bits per heavy atom. The maximum Gasteiger partial charge on any atom is 0.419 e. The second-order valence-electron chi connectivity index (χ2n) is 4.22. The van der Waals surface area contributed by atoms with Crippen LogP contribution in [0.3, 0.4) is 0 Å². The van der Waals surface area contributed by atoms with Crippen LogP contribution in [0, 0.1) is 10.5 Å². The second-order valence-corrected chi connectivity index (χ2v) is 5.46. The summed E-state index contributed by atoms with van der Waals surface area (Å²) in [6.07, 6.45) is -0.398. The quantitative estimate of drug-likeness (QED) is 0.744. The van der Waals surface area contributed by atoms with E-state index in [0.29, 0.717) is 5.75 Å². The third-order valence-corrected chi connectivity index (χ3v) is 3.43. The van der Waals surface area contributed by atoms with Crippen LogP contribution in [0.2, 0.25) is 0 Å². The standard InChI is InChI=1S/C15H14INO2/c1-11-3-7-13(8-4-11)17(2)15(18)19-14-9-5-12(16)6-10-14/h3-10H,1-2H3. The second kappa shape index (κ2) is 6.06. The van der Waals surface area contributed by atoms with Gasteiger partial charge in [0.25, 0.3) is 0 Å². The molecule has 98 valence electrons. The van der Waals surface area contributed by atoms with Gasteiger partial charge in [-0.2, -0.15) is 0 Å². The van der Waals surface area contributed by atoms with E-state index in [1.807, 2.05) is 43.3 Å². The number of nitrogens with zero attached hydrogens (tertiary/aromatic N) is 1. The number of hydrogen-bond acceptors (Lipinski definition) is 2. The average Bonchev–Trinajstić information content (AvgIpc) is 2.41. The van der Waals surface area contributed by atoms with Crippen LogP contribution >= 0.6 is 22.6 Å². The molecule has 0 aliphatic heterocycles. The van der Waals surface area contributed by atoms with Crippen LogP contribution in [-0.4, -0.2) is 13.1 Å². The molecular formula is C15H14INO2. The van der Waals surface area contributed by atoms with E-state index in [0.717, 1.165) is 14.8 Å². The van der Waals surface area contributed by atoms with Gasteiger partial charge in [-0.1, -0.05) is 17.7 Å². The Bertz CT molecular complexity index is 564. The molecule has 0 heterocycles. The Balaban J connectivity index is 2.07. The van der Waals surface area contributed by atoms with Gasteiger partial charge in [0, 0.05) is 16.3 Å². The molecular weight excluding hydrogens is 353 g/mol. The van der Waals surface area contributed by atoms with Crippen molar-refractivity contribution < 1.29 is 9.53 Å². The summed E-state index contributed by atoms with van der Waals surface area (Å²) in [5.41, 5.74) is 1.96. The van der Waals surface area contributed by atoms with E-state index in [1.54, 1.807) is 19.2 Å². The van der Waals surface area contributed by atoms with E-state index in [4.69, 9.17) is 4.74 Å². The summed E-state index contributed by atoms with van der Waals surface area (Å²) < 4.78 is 6.40. The van der Waals surface area contributed by atoms with Crippen LogP contribution in [-0.2, 0) is 0 Å². The van der Waals surface area contributed by atoms with E-state index < -0.39 is 6.09 Å². The van der Waals surface area contributed by atoms with E-state index in [9.17, 15) is 4.79 Å². The Kier molecular flexibility index (Phi) is 4.42. The van der Waals surface area contributed by atoms with Crippen LogP contribution in [0.1, 0.15) is 5.56 Å². The van der Waals surface area contributed by atoms with Gasteiger partial charge in [0.15, 0.2) is 0 Å². The largest absolute Gasteiger partial charge is 0.419 e. The number of ether oxygens (including phenoxy) is 1. The van der Waals surface area contributed by atoms with Gasteiger partial charge in [0.1, 0.15) is 5.75 Å². The zero-order valence-corrected chi connectivity index (χ0v) is 12.9. The first-order chi connectivity index (χ1) is 9.06. The highest BCUT2D eigenvalue weighted by Crippen LogP contribution is 2.17. The lowest BCUT2D eigenvalue weighted by atomic mass is 10.2. The molecule has 0 radical (unpaired) electrons. The maximum absolute atomic E-state index is 12.0. The summed E-state index contributed by atoms with van der Waals surface area (Å²) in [5, 5.41) is 0. The van der Waals surface area contributed by atoms with Gasteiger partial charge in [-0.15, -0.1) is 0 Å². The van der Waals surface area contributed by atoms with Crippen LogP contribution in [0.5, 0.6) is 5.75 Å². The molecule has 0 aliphatic rings. The number of aryl methyl sites for hydroxylation is 1. The fraction of sp³-hybridized carbons (Fsp3) is 0.133. The summed E-state index contributed by atoms with van der Waals surface area (Å²) in [7, 11) is 1.69. The first-order valence-corrected chi connectivity index (χ1v) is 6.92. The Labute approximate surface area is 126 Å². The number of anilines is 1. The van der Waals surface area contributed by atoms with Crippen LogP contribution in [0.4, 0.5) is 10.5 Å². The van der Waals surface area contributed by atoms with Crippen LogP contribution in [0.15, 0.2) is 48.5 Å². The Morgan fingerprint density at radius 3 is 2.21 bits per heavy atom. The highest BCUT2D eigenvalue weighted by atomic mass is 127. The smallest absolute Gasteiger partial charge is 0.410 e. The van der Waals surface area contributed by atoms with Crippen LogP contribution in [0.25, 0.3) is 0 Å². The van der Waals surface area contributed by atoms with E-state index in [-0.39, 0.29) is 0 Å². The SMILES string of the molecule is Cc1ccc(N(C)C(=O)Oc2ccc(I)cc2)cc1. The topological polar surface area (TPSA) is 29.5 Å². The number of benzene rings is 2. The monoisotopic (exact) mass is 367 g/mol. The van der Waals surface area contributed by atoms with Gasteiger partial charge >= 0.3 is 6.09 Å². The van der Waals surface area contributed by atoms with Crippen molar-refractivity contribution in [1.82, 2.24) is 0 Å². The van der Waals surface area contributed by atoms with Crippen molar-refractivity contribution >= 4 is 34.4 Å². The molecule has 3 nitrogen and oxygen atoms in total. The third-order valence-electron chi connectivity index (χ3n) is 2.71. The number of rotatable bonds is 2. The van der Waals surface area contributed by atoms with Gasteiger partial charge in [0.05, 0.1) is 0 Å². The molecule has 0 spiro atoms.